The Bertz CT molecular complexity index is 487. The molecular formula is C13H14F3NO2. The zero-order valence-electron chi connectivity index (χ0n) is 10.5. The van der Waals surface area contributed by atoms with Crippen molar-refractivity contribution in [3.63, 3.8) is 0 Å². The molecule has 0 saturated carbocycles. The molecule has 0 spiro atoms. The van der Waals surface area contributed by atoms with E-state index >= 15 is 0 Å². The molecule has 6 heteroatoms. The first-order chi connectivity index (χ1) is 9.00. The van der Waals surface area contributed by atoms with Gasteiger partial charge in [-0.2, -0.15) is 0 Å². The Hall–Kier alpha value is -1.56. The molecule has 0 aliphatic carbocycles. The molecule has 0 aromatic heterocycles. The Morgan fingerprint density at radius 1 is 1.37 bits per heavy atom. The lowest BCUT2D eigenvalue weighted by atomic mass is 10.1. The van der Waals surface area contributed by atoms with E-state index in [-0.39, 0.29) is 6.10 Å². The van der Waals surface area contributed by atoms with Gasteiger partial charge in [-0.3, -0.25) is 4.79 Å². The van der Waals surface area contributed by atoms with Crippen LogP contribution in [0.5, 0.6) is 0 Å². The third-order valence-electron chi connectivity index (χ3n) is 3.11. The third kappa shape index (κ3) is 2.89. The molecule has 0 bridgehead atoms. The molecule has 1 aromatic carbocycles. The highest BCUT2D eigenvalue weighted by molar-refractivity contribution is 5.94. The van der Waals surface area contributed by atoms with Gasteiger partial charge in [0.2, 0.25) is 0 Å². The molecule has 2 rings (SSSR count). The van der Waals surface area contributed by atoms with Gasteiger partial charge in [-0.15, -0.1) is 0 Å². The smallest absolute Gasteiger partial charge is 0.256 e. The van der Waals surface area contributed by atoms with Gasteiger partial charge in [-0.1, -0.05) is 0 Å². The predicted octanol–water partition coefficient (Wildman–Crippen LogP) is 2.35. The summed E-state index contributed by atoms with van der Waals surface area (Å²) in [6.45, 7) is 0.948. The van der Waals surface area contributed by atoms with Crippen LogP contribution >= 0.6 is 0 Å². The summed E-state index contributed by atoms with van der Waals surface area (Å²) in [5, 5.41) is 0. The second kappa shape index (κ2) is 5.61. The number of nitrogens with zero attached hydrogens (tertiary/aromatic N) is 1. The van der Waals surface area contributed by atoms with E-state index in [0.29, 0.717) is 13.2 Å². The van der Waals surface area contributed by atoms with Crippen molar-refractivity contribution in [1.82, 2.24) is 4.90 Å². The van der Waals surface area contributed by atoms with Crippen molar-refractivity contribution in [2.45, 2.75) is 18.9 Å². The van der Waals surface area contributed by atoms with E-state index in [1.54, 1.807) is 0 Å². The van der Waals surface area contributed by atoms with Crippen molar-refractivity contribution >= 4 is 5.91 Å². The molecule has 1 amide bonds. The highest BCUT2D eigenvalue weighted by Crippen LogP contribution is 2.18. The van der Waals surface area contributed by atoms with Crippen LogP contribution in [0.25, 0.3) is 0 Å². The maximum Gasteiger partial charge on any atom is 0.256 e. The topological polar surface area (TPSA) is 29.5 Å². The van der Waals surface area contributed by atoms with Gasteiger partial charge in [0.1, 0.15) is 0 Å². The molecule has 0 N–H and O–H groups in total. The number of carbonyl (C=O) groups excluding carboxylic acids is 1. The molecule has 1 aliphatic heterocycles. The third-order valence-corrected chi connectivity index (χ3v) is 3.11. The molecule has 1 aliphatic rings. The van der Waals surface area contributed by atoms with Crippen LogP contribution in [0, 0.1) is 17.5 Å². The molecule has 104 valence electrons. The summed E-state index contributed by atoms with van der Waals surface area (Å²) >= 11 is 0. The monoisotopic (exact) mass is 273 g/mol. The molecule has 0 radical (unpaired) electrons. The maximum atomic E-state index is 13.5. The van der Waals surface area contributed by atoms with Crippen LogP contribution in [-0.4, -0.2) is 37.1 Å². The van der Waals surface area contributed by atoms with Gasteiger partial charge >= 0.3 is 0 Å². The van der Waals surface area contributed by atoms with Crippen LogP contribution in [0.15, 0.2) is 12.1 Å². The van der Waals surface area contributed by atoms with E-state index in [0.717, 1.165) is 25.0 Å². The number of halogens is 3. The number of benzene rings is 1. The summed E-state index contributed by atoms with van der Waals surface area (Å²) in [4.78, 5) is 13.2. The average Bonchev–Trinajstić information content (AvgIpc) is 2.88. The van der Waals surface area contributed by atoms with Gasteiger partial charge in [0.05, 0.1) is 11.7 Å². The van der Waals surface area contributed by atoms with Crippen LogP contribution in [0.4, 0.5) is 13.2 Å². The predicted molar refractivity (Wildman–Crippen MR) is 62.3 cm³/mol. The largest absolute Gasteiger partial charge is 0.376 e. The lowest BCUT2D eigenvalue weighted by molar-refractivity contribution is 0.0582. The van der Waals surface area contributed by atoms with Crippen molar-refractivity contribution in [1.29, 1.82) is 0 Å². The first-order valence-corrected chi connectivity index (χ1v) is 6.01. The molecule has 1 heterocycles. The molecule has 3 nitrogen and oxygen atoms in total. The molecule has 1 fully saturated rings. The number of hydrogen-bond acceptors (Lipinski definition) is 2. The summed E-state index contributed by atoms with van der Waals surface area (Å²) < 4.78 is 44.7. The van der Waals surface area contributed by atoms with Gasteiger partial charge in [-0.05, 0) is 25.0 Å². The molecule has 1 saturated heterocycles. The summed E-state index contributed by atoms with van der Waals surface area (Å²) in [5.74, 6) is -5.08. The van der Waals surface area contributed by atoms with Crippen molar-refractivity contribution in [2.75, 3.05) is 20.2 Å². The van der Waals surface area contributed by atoms with Gasteiger partial charge in [0, 0.05) is 20.2 Å². The van der Waals surface area contributed by atoms with Crippen LogP contribution in [-0.2, 0) is 4.74 Å². The normalized spacial score (nSPS) is 18.6. The van der Waals surface area contributed by atoms with Crippen molar-refractivity contribution in [3.8, 4) is 0 Å². The number of amides is 1. The quantitative estimate of drug-likeness (QED) is 0.791. The second-order valence-electron chi connectivity index (χ2n) is 4.54. The summed E-state index contributed by atoms with van der Waals surface area (Å²) in [6, 6.07) is 1.69. The number of carbonyl (C=O) groups is 1. The van der Waals surface area contributed by atoms with Crippen LogP contribution < -0.4 is 0 Å². The fourth-order valence-electron chi connectivity index (χ4n) is 2.07. The molecule has 1 unspecified atom stereocenters. The summed E-state index contributed by atoms with van der Waals surface area (Å²) in [5.41, 5.74) is -0.473. The number of rotatable bonds is 3. The highest BCUT2D eigenvalue weighted by Gasteiger charge is 2.24. The maximum absolute atomic E-state index is 13.5. The number of likely N-dealkylation sites (N-methyl/N-ethyl adjacent to an activating group) is 1. The van der Waals surface area contributed by atoms with E-state index < -0.39 is 28.9 Å². The molecular weight excluding hydrogens is 259 g/mol. The molecule has 1 aromatic rings. The number of hydrogen-bond donors (Lipinski definition) is 0. The van der Waals surface area contributed by atoms with Gasteiger partial charge in [-0.25, -0.2) is 13.2 Å². The van der Waals surface area contributed by atoms with E-state index in [4.69, 9.17) is 4.74 Å². The van der Waals surface area contributed by atoms with Crippen molar-refractivity contribution in [3.05, 3.63) is 35.1 Å². The Morgan fingerprint density at radius 3 is 2.74 bits per heavy atom. The van der Waals surface area contributed by atoms with Crippen molar-refractivity contribution < 1.29 is 22.7 Å². The summed E-state index contributed by atoms with van der Waals surface area (Å²) in [7, 11) is 1.48. The zero-order chi connectivity index (χ0) is 14.0. The van der Waals surface area contributed by atoms with E-state index in [1.165, 1.54) is 11.9 Å². The lowest BCUT2D eigenvalue weighted by Crippen LogP contribution is -2.34. The van der Waals surface area contributed by atoms with Crippen LogP contribution in [0.3, 0.4) is 0 Å². The SMILES string of the molecule is CN(CC1CCCO1)C(=O)c1ccc(F)c(F)c1F. The first-order valence-electron chi connectivity index (χ1n) is 6.01. The second-order valence-corrected chi connectivity index (χ2v) is 4.54. The number of ether oxygens (including phenoxy) is 1. The van der Waals surface area contributed by atoms with Crippen LogP contribution in [0.1, 0.15) is 23.2 Å². The Morgan fingerprint density at radius 2 is 2.11 bits per heavy atom. The van der Waals surface area contributed by atoms with Crippen LogP contribution in [0.2, 0.25) is 0 Å². The summed E-state index contributed by atoms with van der Waals surface area (Å²) in [6.07, 6.45) is 1.67. The fraction of sp³-hybridized carbons (Fsp3) is 0.462. The fourth-order valence-corrected chi connectivity index (χ4v) is 2.07. The van der Waals surface area contributed by atoms with Gasteiger partial charge in [0.15, 0.2) is 17.5 Å². The van der Waals surface area contributed by atoms with Gasteiger partial charge < -0.3 is 9.64 Å². The minimum absolute atomic E-state index is 0.0812. The van der Waals surface area contributed by atoms with E-state index in [9.17, 15) is 18.0 Å². The first kappa shape index (κ1) is 13.9. The minimum Gasteiger partial charge on any atom is -0.376 e. The Labute approximate surface area is 109 Å². The minimum atomic E-state index is -1.63. The standard InChI is InChI=1S/C13H14F3NO2/c1-17(7-8-3-2-6-19-8)13(18)9-4-5-10(14)12(16)11(9)15/h4-5,8H,2-3,6-7H2,1H3. The lowest BCUT2D eigenvalue weighted by Gasteiger charge is -2.21. The average molecular weight is 273 g/mol. The van der Waals surface area contributed by atoms with Gasteiger partial charge in [0.25, 0.3) is 5.91 Å². The van der Waals surface area contributed by atoms with Crippen molar-refractivity contribution in [2.24, 2.45) is 0 Å². The highest BCUT2D eigenvalue weighted by atomic mass is 19.2. The Balaban J connectivity index is 2.12. The Kier molecular flexibility index (Phi) is 4.09. The van der Waals surface area contributed by atoms with E-state index in [2.05, 4.69) is 0 Å². The zero-order valence-corrected chi connectivity index (χ0v) is 10.5. The molecule has 19 heavy (non-hydrogen) atoms. The van der Waals surface area contributed by atoms with E-state index in [1.807, 2.05) is 0 Å². The molecule has 1 atom stereocenters.